The first-order valence-corrected chi connectivity index (χ1v) is 7.38. The van der Waals surface area contributed by atoms with Crippen molar-refractivity contribution in [1.82, 2.24) is 0 Å². The largest absolute Gasteiger partial charge is 0.507 e. The summed E-state index contributed by atoms with van der Waals surface area (Å²) in [6.07, 6.45) is 1.23. The van der Waals surface area contributed by atoms with Gasteiger partial charge in [-0.1, -0.05) is 15.9 Å². The van der Waals surface area contributed by atoms with Crippen molar-refractivity contribution in [2.45, 2.75) is 0 Å². The molecule has 0 heterocycles. The van der Waals surface area contributed by atoms with Gasteiger partial charge < -0.3 is 5.11 Å². The minimum absolute atomic E-state index is 0.148. The van der Waals surface area contributed by atoms with Crippen LogP contribution in [0.5, 0.6) is 5.75 Å². The summed E-state index contributed by atoms with van der Waals surface area (Å²) in [5.41, 5.74) is 2.80. The average Bonchev–Trinajstić information content (AvgIpc) is 2.44. The van der Waals surface area contributed by atoms with Crippen LogP contribution >= 0.6 is 31.9 Å². The lowest BCUT2D eigenvalue weighted by Gasteiger charge is -2.04. The highest BCUT2D eigenvalue weighted by atomic mass is 79.9. The summed E-state index contributed by atoms with van der Waals surface area (Å²) in [6.45, 7) is 0. The van der Waals surface area contributed by atoms with E-state index in [0.29, 0.717) is 4.47 Å². The van der Waals surface area contributed by atoms with Gasteiger partial charge in [0.2, 0.25) is 0 Å². The van der Waals surface area contributed by atoms with Crippen LogP contribution in [-0.2, 0) is 0 Å². The first kappa shape index (κ1) is 16.4. The molecule has 0 amide bonds. The number of nitro benzene ring substituents is 1. The van der Waals surface area contributed by atoms with Crippen LogP contribution in [0, 0.1) is 15.9 Å². The molecule has 0 aliphatic rings. The number of nitrogens with zero attached hydrogens (tertiary/aromatic N) is 2. The molecule has 0 fully saturated rings. The zero-order valence-electron chi connectivity index (χ0n) is 10.8. The lowest BCUT2D eigenvalue weighted by molar-refractivity contribution is -0.384. The Labute approximate surface area is 141 Å². The van der Waals surface area contributed by atoms with Crippen LogP contribution in [0.2, 0.25) is 0 Å². The molecule has 9 heteroatoms. The van der Waals surface area contributed by atoms with Crippen LogP contribution in [-0.4, -0.2) is 16.2 Å². The maximum absolute atomic E-state index is 13.2. The third-order valence-corrected chi connectivity index (χ3v) is 3.71. The third kappa shape index (κ3) is 3.80. The molecule has 22 heavy (non-hydrogen) atoms. The fourth-order valence-corrected chi connectivity index (χ4v) is 2.31. The predicted octanol–water partition coefficient (Wildman–Crippen LogP) is 4.41. The summed E-state index contributed by atoms with van der Waals surface area (Å²) >= 11 is 6.20. The molecule has 0 saturated carbocycles. The number of benzene rings is 2. The van der Waals surface area contributed by atoms with Crippen LogP contribution < -0.4 is 5.43 Å². The minimum atomic E-state index is -0.606. The van der Waals surface area contributed by atoms with E-state index in [1.807, 2.05) is 0 Å². The van der Waals surface area contributed by atoms with Crippen molar-refractivity contribution in [3.63, 3.8) is 0 Å². The van der Waals surface area contributed by atoms with Gasteiger partial charge in [-0.25, -0.2) is 4.39 Å². The lowest BCUT2D eigenvalue weighted by Crippen LogP contribution is -1.97. The number of hydrogen-bond donors (Lipinski definition) is 2. The molecule has 0 aliphatic heterocycles. The smallest absolute Gasteiger partial charge is 0.294 e. The van der Waals surface area contributed by atoms with E-state index >= 15 is 0 Å². The zero-order valence-corrected chi connectivity index (χ0v) is 13.9. The SMILES string of the molecule is O=[N+]([O-])c1ccc(Br)cc1N/N=C/c1cc(Br)c(F)cc1O. The first-order valence-electron chi connectivity index (χ1n) is 5.79. The quantitative estimate of drug-likeness (QED) is 0.425. The number of hydrazone groups is 1. The van der Waals surface area contributed by atoms with E-state index in [1.54, 1.807) is 0 Å². The highest BCUT2D eigenvalue weighted by molar-refractivity contribution is 9.10. The van der Waals surface area contributed by atoms with Gasteiger partial charge in [0.1, 0.15) is 17.3 Å². The van der Waals surface area contributed by atoms with Crippen molar-refractivity contribution in [3.8, 4) is 5.75 Å². The van der Waals surface area contributed by atoms with Gasteiger partial charge in [0.25, 0.3) is 5.69 Å². The van der Waals surface area contributed by atoms with E-state index in [1.165, 1.54) is 30.5 Å². The number of hydrogen-bond acceptors (Lipinski definition) is 5. The van der Waals surface area contributed by atoms with Crippen molar-refractivity contribution < 1.29 is 14.4 Å². The van der Waals surface area contributed by atoms with Gasteiger partial charge >= 0.3 is 0 Å². The molecule has 2 N–H and O–H groups in total. The Balaban J connectivity index is 2.25. The van der Waals surface area contributed by atoms with Crippen molar-refractivity contribution in [2.24, 2.45) is 5.10 Å². The molecule has 0 spiro atoms. The summed E-state index contributed by atoms with van der Waals surface area (Å²) < 4.78 is 14.0. The maximum Gasteiger partial charge on any atom is 0.294 e. The molecule has 0 atom stereocenters. The summed E-state index contributed by atoms with van der Waals surface area (Å²) in [6, 6.07) is 6.64. The zero-order chi connectivity index (χ0) is 16.3. The molecule has 6 nitrogen and oxygen atoms in total. The van der Waals surface area contributed by atoms with Crippen LogP contribution in [0.4, 0.5) is 15.8 Å². The van der Waals surface area contributed by atoms with E-state index in [9.17, 15) is 19.6 Å². The number of phenolic OH excluding ortho intramolecular Hbond substituents is 1. The molecule has 2 aromatic carbocycles. The molecule has 2 rings (SSSR count). The second kappa shape index (κ2) is 6.84. The first-order chi connectivity index (χ1) is 10.4. The van der Waals surface area contributed by atoms with Crippen LogP contribution in [0.1, 0.15) is 5.56 Å². The van der Waals surface area contributed by atoms with Crippen LogP contribution in [0.3, 0.4) is 0 Å². The molecular formula is C13H8Br2FN3O3. The highest BCUT2D eigenvalue weighted by Gasteiger charge is 2.13. The van der Waals surface area contributed by atoms with Gasteiger partial charge in [0.05, 0.1) is 15.6 Å². The van der Waals surface area contributed by atoms with Crippen LogP contribution in [0.25, 0.3) is 0 Å². The summed E-state index contributed by atoms with van der Waals surface area (Å²) in [4.78, 5) is 10.4. The molecule has 0 saturated heterocycles. The molecule has 0 aromatic heterocycles. The fourth-order valence-electron chi connectivity index (χ4n) is 1.58. The van der Waals surface area contributed by atoms with Crippen molar-refractivity contribution in [2.75, 3.05) is 5.43 Å². The summed E-state index contributed by atoms with van der Waals surface area (Å²) in [5.74, 6) is -0.903. The number of nitrogens with one attached hydrogen (secondary N) is 1. The van der Waals surface area contributed by atoms with Gasteiger partial charge in [0.15, 0.2) is 0 Å². The molecular weight excluding hydrogens is 425 g/mol. The lowest BCUT2D eigenvalue weighted by atomic mass is 10.2. The number of rotatable bonds is 4. The summed E-state index contributed by atoms with van der Waals surface area (Å²) in [7, 11) is 0. The van der Waals surface area contributed by atoms with E-state index in [-0.39, 0.29) is 27.2 Å². The topological polar surface area (TPSA) is 87.8 Å². The van der Waals surface area contributed by atoms with E-state index in [4.69, 9.17) is 0 Å². The van der Waals surface area contributed by atoms with E-state index in [0.717, 1.165) is 6.07 Å². The Kier molecular flexibility index (Phi) is 5.09. The van der Waals surface area contributed by atoms with Crippen molar-refractivity contribution in [3.05, 3.63) is 60.8 Å². The Morgan fingerprint density at radius 1 is 1.32 bits per heavy atom. The Hall–Kier alpha value is -2.00. The predicted molar refractivity (Wildman–Crippen MR) is 87.8 cm³/mol. The van der Waals surface area contributed by atoms with E-state index < -0.39 is 10.7 Å². The van der Waals surface area contributed by atoms with Crippen molar-refractivity contribution >= 4 is 49.4 Å². The molecule has 114 valence electrons. The average molecular weight is 433 g/mol. The molecule has 0 bridgehead atoms. The van der Waals surface area contributed by atoms with Crippen molar-refractivity contribution in [1.29, 1.82) is 0 Å². The third-order valence-electron chi connectivity index (χ3n) is 2.61. The van der Waals surface area contributed by atoms with Gasteiger partial charge in [0, 0.05) is 22.2 Å². The second-order valence-corrected chi connectivity index (χ2v) is 5.88. The fraction of sp³-hybridized carbons (Fsp3) is 0. The van der Waals surface area contributed by atoms with Gasteiger partial charge in [-0.2, -0.15) is 5.10 Å². The molecule has 2 aromatic rings. The standard InChI is InChI=1S/C13H8Br2FN3O3/c14-8-1-2-12(19(21)22)11(4-8)18-17-6-7-3-9(15)10(16)5-13(7)20/h1-6,18,20H/b17-6+. The number of aromatic hydroxyl groups is 1. The molecule has 0 unspecified atom stereocenters. The Morgan fingerprint density at radius 3 is 2.73 bits per heavy atom. The highest BCUT2D eigenvalue weighted by Crippen LogP contribution is 2.28. The minimum Gasteiger partial charge on any atom is -0.507 e. The van der Waals surface area contributed by atoms with Gasteiger partial charge in [-0.3, -0.25) is 15.5 Å². The maximum atomic E-state index is 13.2. The van der Waals surface area contributed by atoms with Gasteiger partial charge in [-0.05, 0) is 34.1 Å². The van der Waals surface area contributed by atoms with E-state index in [2.05, 4.69) is 42.4 Å². The van der Waals surface area contributed by atoms with Crippen LogP contribution in [0.15, 0.2) is 44.4 Å². The Morgan fingerprint density at radius 2 is 2.05 bits per heavy atom. The molecule has 0 aliphatic carbocycles. The number of halogens is 3. The normalized spacial score (nSPS) is 10.9. The second-order valence-electron chi connectivity index (χ2n) is 4.11. The number of phenols is 1. The Bertz CT molecular complexity index is 768. The number of anilines is 1. The number of nitro groups is 1. The van der Waals surface area contributed by atoms with Gasteiger partial charge in [-0.15, -0.1) is 0 Å². The monoisotopic (exact) mass is 431 g/mol. The summed E-state index contributed by atoms with van der Waals surface area (Å²) in [5, 5.41) is 24.3. The molecule has 0 radical (unpaired) electrons.